The molecule has 0 spiro atoms. The Hall–Kier alpha value is -2.89. The second-order valence-corrected chi connectivity index (χ2v) is 5.50. The number of carbonyl (C=O) groups is 2. The highest BCUT2D eigenvalue weighted by Crippen LogP contribution is 2.23. The van der Waals surface area contributed by atoms with E-state index in [0.29, 0.717) is 24.2 Å². The number of halogens is 1. The monoisotopic (exact) mass is 328 g/mol. The van der Waals surface area contributed by atoms with Gasteiger partial charge in [0.2, 0.25) is 5.91 Å². The molecule has 1 N–H and O–H groups in total. The Bertz CT molecular complexity index is 774. The van der Waals surface area contributed by atoms with Gasteiger partial charge in [-0.2, -0.15) is 0 Å². The maximum Gasteiger partial charge on any atom is 0.255 e. The van der Waals surface area contributed by atoms with E-state index in [4.69, 9.17) is 4.74 Å². The van der Waals surface area contributed by atoms with Gasteiger partial charge in [-0.1, -0.05) is 0 Å². The number of anilines is 2. The number of methoxy groups -OCH3 is 1. The SMILES string of the molecule is COc1ccc(NC(=O)c2ccc(N3CCCC3=O)cc2)cc1F. The maximum atomic E-state index is 13.7. The first-order valence-electron chi connectivity index (χ1n) is 7.64. The number of hydrogen-bond acceptors (Lipinski definition) is 3. The van der Waals surface area contributed by atoms with Crippen molar-refractivity contribution in [3.8, 4) is 5.75 Å². The number of amides is 2. The van der Waals surface area contributed by atoms with Crippen LogP contribution in [0, 0.1) is 5.82 Å². The Labute approximate surface area is 139 Å². The summed E-state index contributed by atoms with van der Waals surface area (Å²) in [6, 6.07) is 11.0. The Balaban J connectivity index is 1.71. The minimum absolute atomic E-state index is 0.0981. The second-order valence-electron chi connectivity index (χ2n) is 5.50. The number of carbonyl (C=O) groups excluding carboxylic acids is 2. The molecule has 1 saturated heterocycles. The standard InChI is InChI=1S/C18H17FN2O3/c1-24-16-9-6-13(11-15(16)19)20-18(23)12-4-7-14(8-5-12)21-10-2-3-17(21)22/h4-9,11H,2-3,10H2,1H3,(H,20,23). The zero-order valence-electron chi connectivity index (χ0n) is 13.2. The van der Waals surface area contributed by atoms with Crippen LogP contribution in [0.5, 0.6) is 5.75 Å². The van der Waals surface area contributed by atoms with Crippen molar-refractivity contribution in [1.82, 2.24) is 0 Å². The number of nitrogens with one attached hydrogen (secondary N) is 1. The molecule has 0 bridgehead atoms. The molecule has 1 aliphatic rings. The van der Waals surface area contributed by atoms with E-state index in [0.717, 1.165) is 12.1 Å². The van der Waals surface area contributed by atoms with Gasteiger partial charge in [-0.05, 0) is 42.8 Å². The minimum Gasteiger partial charge on any atom is -0.494 e. The molecule has 0 unspecified atom stereocenters. The van der Waals surface area contributed by atoms with Crippen LogP contribution in [0.2, 0.25) is 0 Å². The van der Waals surface area contributed by atoms with Crippen molar-refractivity contribution in [2.75, 3.05) is 23.9 Å². The fraction of sp³-hybridized carbons (Fsp3) is 0.222. The van der Waals surface area contributed by atoms with Crippen LogP contribution in [0.15, 0.2) is 42.5 Å². The molecule has 1 aliphatic heterocycles. The largest absolute Gasteiger partial charge is 0.494 e. The number of benzene rings is 2. The second kappa shape index (κ2) is 6.70. The lowest BCUT2D eigenvalue weighted by Gasteiger charge is -2.15. The number of hydrogen-bond donors (Lipinski definition) is 1. The van der Waals surface area contributed by atoms with Gasteiger partial charge in [0.15, 0.2) is 11.6 Å². The summed E-state index contributed by atoms with van der Waals surface area (Å²) in [6.07, 6.45) is 1.41. The van der Waals surface area contributed by atoms with Gasteiger partial charge >= 0.3 is 0 Å². The average molecular weight is 328 g/mol. The molecule has 0 aromatic heterocycles. The Morgan fingerprint density at radius 1 is 1.21 bits per heavy atom. The van der Waals surface area contributed by atoms with Crippen LogP contribution in [-0.2, 0) is 4.79 Å². The van der Waals surface area contributed by atoms with Crippen molar-refractivity contribution in [1.29, 1.82) is 0 Å². The summed E-state index contributed by atoms with van der Waals surface area (Å²) in [4.78, 5) is 25.7. The Kier molecular flexibility index (Phi) is 4.46. The quantitative estimate of drug-likeness (QED) is 0.937. The number of rotatable bonds is 4. The third-order valence-corrected chi connectivity index (χ3v) is 3.92. The van der Waals surface area contributed by atoms with E-state index in [9.17, 15) is 14.0 Å². The first-order chi connectivity index (χ1) is 11.6. The molecular weight excluding hydrogens is 311 g/mol. The molecule has 2 amide bonds. The van der Waals surface area contributed by atoms with Crippen molar-refractivity contribution in [3.05, 3.63) is 53.8 Å². The molecule has 2 aromatic rings. The Morgan fingerprint density at radius 2 is 1.96 bits per heavy atom. The molecule has 0 saturated carbocycles. The van der Waals surface area contributed by atoms with Crippen LogP contribution >= 0.6 is 0 Å². The lowest BCUT2D eigenvalue weighted by molar-refractivity contribution is -0.117. The zero-order chi connectivity index (χ0) is 17.1. The van der Waals surface area contributed by atoms with Crippen LogP contribution in [0.4, 0.5) is 15.8 Å². The van der Waals surface area contributed by atoms with Gasteiger partial charge < -0.3 is 15.0 Å². The number of ether oxygens (including phenoxy) is 1. The highest BCUT2D eigenvalue weighted by atomic mass is 19.1. The summed E-state index contributed by atoms with van der Waals surface area (Å²) in [6.45, 7) is 0.704. The van der Waals surface area contributed by atoms with Crippen LogP contribution in [0.3, 0.4) is 0 Å². The van der Waals surface area contributed by atoms with Crippen molar-refractivity contribution in [2.24, 2.45) is 0 Å². The zero-order valence-corrected chi connectivity index (χ0v) is 13.2. The first kappa shape index (κ1) is 16.0. The molecule has 1 heterocycles. The van der Waals surface area contributed by atoms with Crippen molar-refractivity contribution >= 4 is 23.2 Å². The van der Waals surface area contributed by atoms with Crippen LogP contribution in [0.25, 0.3) is 0 Å². The van der Waals surface area contributed by atoms with Crippen LogP contribution in [-0.4, -0.2) is 25.5 Å². The van der Waals surface area contributed by atoms with Crippen molar-refractivity contribution in [2.45, 2.75) is 12.8 Å². The van der Waals surface area contributed by atoms with E-state index in [-0.39, 0.29) is 17.6 Å². The summed E-state index contributed by atoms with van der Waals surface area (Å²) in [5, 5.41) is 2.63. The summed E-state index contributed by atoms with van der Waals surface area (Å²) < 4.78 is 18.5. The smallest absolute Gasteiger partial charge is 0.255 e. The van der Waals surface area contributed by atoms with E-state index in [1.807, 2.05) is 0 Å². The van der Waals surface area contributed by atoms with Gasteiger partial charge in [0.25, 0.3) is 5.91 Å². The molecule has 24 heavy (non-hydrogen) atoms. The third kappa shape index (κ3) is 3.22. The lowest BCUT2D eigenvalue weighted by Crippen LogP contribution is -2.23. The van der Waals surface area contributed by atoms with E-state index < -0.39 is 5.82 Å². The molecule has 3 rings (SSSR count). The van der Waals surface area contributed by atoms with Gasteiger partial charge in [0.05, 0.1) is 7.11 Å². The van der Waals surface area contributed by atoms with E-state index >= 15 is 0 Å². The molecule has 124 valence electrons. The van der Waals surface area contributed by atoms with Gasteiger partial charge in [-0.25, -0.2) is 4.39 Å². The van der Waals surface area contributed by atoms with E-state index in [1.54, 1.807) is 35.2 Å². The predicted molar refractivity (Wildman–Crippen MR) is 88.9 cm³/mol. The fourth-order valence-electron chi connectivity index (χ4n) is 2.66. The fourth-order valence-corrected chi connectivity index (χ4v) is 2.66. The molecule has 5 nitrogen and oxygen atoms in total. The van der Waals surface area contributed by atoms with E-state index in [2.05, 4.69) is 5.32 Å². The van der Waals surface area contributed by atoms with Gasteiger partial charge in [-0.3, -0.25) is 9.59 Å². The molecule has 6 heteroatoms. The normalized spacial score (nSPS) is 13.9. The summed E-state index contributed by atoms with van der Waals surface area (Å²) >= 11 is 0. The highest BCUT2D eigenvalue weighted by molar-refractivity contribution is 6.04. The summed E-state index contributed by atoms with van der Waals surface area (Å²) in [5.74, 6) is -0.675. The first-order valence-corrected chi connectivity index (χ1v) is 7.64. The summed E-state index contributed by atoms with van der Waals surface area (Å²) in [5.41, 5.74) is 1.56. The average Bonchev–Trinajstić information content (AvgIpc) is 3.01. The minimum atomic E-state index is -0.543. The topological polar surface area (TPSA) is 58.6 Å². The molecule has 0 aliphatic carbocycles. The number of nitrogens with zero attached hydrogens (tertiary/aromatic N) is 1. The predicted octanol–water partition coefficient (Wildman–Crippen LogP) is 3.21. The van der Waals surface area contributed by atoms with E-state index in [1.165, 1.54) is 19.2 Å². The van der Waals surface area contributed by atoms with Crippen molar-refractivity contribution in [3.63, 3.8) is 0 Å². The van der Waals surface area contributed by atoms with Gasteiger partial charge in [0.1, 0.15) is 0 Å². The van der Waals surface area contributed by atoms with Gasteiger partial charge in [0, 0.05) is 36.0 Å². The molecular formula is C18H17FN2O3. The van der Waals surface area contributed by atoms with Crippen molar-refractivity contribution < 1.29 is 18.7 Å². The molecule has 2 aromatic carbocycles. The highest BCUT2D eigenvalue weighted by Gasteiger charge is 2.21. The lowest BCUT2D eigenvalue weighted by atomic mass is 10.1. The van der Waals surface area contributed by atoms with Crippen LogP contribution in [0.1, 0.15) is 23.2 Å². The molecule has 0 atom stereocenters. The van der Waals surface area contributed by atoms with Crippen LogP contribution < -0.4 is 15.0 Å². The molecule has 0 radical (unpaired) electrons. The molecule has 1 fully saturated rings. The third-order valence-electron chi connectivity index (χ3n) is 3.92. The Morgan fingerprint density at radius 3 is 2.54 bits per heavy atom. The maximum absolute atomic E-state index is 13.7. The van der Waals surface area contributed by atoms with Gasteiger partial charge in [-0.15, -0.1) is 0 Å². The summed E-state index contributed by atoms with van der Waals surface area (Å²) in [7, 11) is 1.38.